The lowest BCUT2D eigenvalue weighted by atomic mass is 9.79. The van der Waals surface area contributed by atoms with Gasteiger partial charge in [-0.25, -0.2) is 13.1 Å². The molecule has 5 nitrogen and oxygen atoms in total. The second-order valence-corrected chi connectivity index (χ2v) is 10.5. The highest BCUT2D eigenvalue weighted by atomic mass is 35.5. The van der Waals surface area contributed by atoms with E-state index in [1.165, 1.54) is 0 Å². The van der Waals surface area contributed by atoms with Gasteiger partial charge in [0.05, 0.1) is 10.5 Å². The Balaban J connectivity index is 1.70. The van der Waals surface area contributed by atoms with Gasteiger partial charge in [0.25, 0.3) is 0 Å². The van der Waals surface area contributed by atoms with Crippen LogP contribution in [0, 0.1) is 23.7 Å². The van der Waals surface area contributed by atoms with Crippen molar-refractivity contribution in [2.24, 2.45) is 23.7 Å². The number of carboxylic acid groups (broad SMARTS) is 1. The Morgan fingerprint density at radius 2 is 1.97 bits per heavy atom. The third-order valence-corrected chi connectivity index (χ3v) is 8.04. The minimum Gasteiger partial charge on any atom is -0.481 e. The summed E-state index contributed by atoms with van der Waals surface area (Å²) >= 11 is 5.65. The van der Waals surface area contributed by atoms with Gasteiger partial charge in [0.2, 0.25) is 10.0 Å². The minimum atomic E-state index is -4.84. The molecule has 3 rings (SSSR count). The Hall–Kier alpha value is -1.58. The Bertz CT molecular complexity index is 948. The Labute approximate surface area is 184 Å². The standard InChI is InChI=1S/C21H25ClF3NO4S/c22-15-8-9-19(18(11-15)21(23,24)25)31(29,30)26-12-17-14-7-6-13(10-14)16(17)4-2-1-3-5-20(27)28/h2,4,8-9,11,13-14,16-17,26H,1,3,5-7,10,12H2,(H,27,28)/b4-2-/t13-,14+,16+,17+/m1/s1. The molecule has 2 aliphatic carbocycles. The van der Waals surface area contributed by atoms with Crippen LogP contribution in [0.15, 0.2) is 35.2 Å². The van der Waals surface area contributed by atoms with Crippen molar-refractivity contribution in [3.8, 4) is 0 Å². The summed E-state index contributed by atoms with van der Waals surface area (Å²) in [4.78, 5) is 9.78. The number of halogens is 4. The maximum atomic E-state index is 13.3. The van der Waals surface area contributed by atoms with Crippen molar-refractivity contribution in [3.63, 3.8) is 0 Å². The van der Waals surface area contributed by atoms with Crippen molar-refractivity contribution in [1.82, 2.24) is 4.72 Å². The third kappa shape index (κ3) is 5.81. The number of carbonyl (C=O) groups is 1. The SMILES string of the molecule is O=C(O)CCC/C=C\[C@H]1[C@@H]2CC[C@@H](C2)[C@@H]1CNS(=O)(=O)c1ccc(Cl)cc1C(F)(F)F. The van der Waals surface area contributed by atoms with Gasteiger partial charge in [0, 0.05) is 18.0 Å². The highest BCUT2D eigenvalue weighted by Crippen LogP contribution is 2.52. The van der Waals surface area contributed by atoms with E-state index in [0.717, 1.165) is 31.4 Å². The monoisotopic (exact) mass is 479 g/mol. The van der Waals surface area contributed by atoms with Crippen LogP contribution in [0.3, 0.4) is 0 Å². The van der Waals surface area contributed by atoms with Crippen LogP contribution in [0.25, 0.3) is 0 Å². The van der Waals surface area contributed by atoms with Gasteiger partial charge in [-0.15, -0.1) is 0 Å². The predicted octanol–water partition coefficient (Wildman–Crippen LogP) is 5.11. The molecule has 4 atom stereocenters. The van der Waals surface area contributed by atoms with Gasteiger partial charge in [-0.1, -0.05) is 23.8 Å². The summed E-state index contributed by atoms with van der Waals surface area (Å²) < 4.78 is 67.8. The Morgan fingerprint density at radius 3 is 2.65 bits per heavy atom. The number of sulfonamides is 1. The molecule has 0 aliphatic heterocycles. The van der Waals surface area contributed by atoms with Crippen molar-refractivity contribution in [2.45, 2.75) is 49.6 Å². The van der Waals surface area contributed by atoms with E-state index in [9.17, 15) is 26.4 Å². The molecule has 2 fully saturated rings. The van der Waals surface area contributed by atoms with Crippen LogP contribution in [0.4, 0.5) is 13.2 Å². The maximum Gasteiger partial charge on any atom is 0.417 e. The summed E-state index contributed by atoms with van der Waals surface area (Å²) in [5.41, 5.74) is -1.28. The van der Waals surface area contributed by atoms with Crippen LogP contribution < -0.4 is 4.72 Å². The zero-order valence-electron chi connectivity index (χ0n) is 16.7. The first-order chi connectivity index (χ1) is 14.5. The van der Waals surface area contributed by atoms with Gasteiger partial charge in [0.1, 0.15) is 0 Å². The van der Waals surface area contributed by atoms with Crippen LogP contribution in [0.5, 0.6) is 0 Å². The van der Waals surface area contributed by atoms with Gasteiger partial charge >= 0.3 is 12.1 Å². The van der Waals surface area contributed by atoms with E-state index in [2.05, 4.69) is 4.72 Å². The molecule has 2 bridgehead atoms. The van der Waals surface area contributed by atoms with E-state index >= 15 is 0 Å². The van der Waals surface area contributed by atoms with Gasteiger partial charge in [-0.3, -0.25) is 4.79 Å². The molecule has 31 heavy (non-hydrogen) atoms. The Kier molecular flexibility index (Phi) is 7.38. The highest BCUT2D eigenvalue weighted by Gasteiger charge is 2.46. The van der Waals surface area contributed by atoms with Crippen molar-refractivity contribution in [1.29, 1.82) is 0 Å². The van der Waals surface area contributed by atoms with E-state index in [4.69, 9.17) is 16.7 Å². The number of unbranched alkanes of at least 4 members (excludes halogenated alkanes) is 1. The smallest absolute Gasteiger partial charge is 0.417 e. The molecule has 1 aromatic carbocycles. The first-order valence-corrected chi connectivity index (χ1v) is 12.1. The summed E-state index contributed by atoms with van der Waals surface area (Å²) in [5.74, 6) is 0.0515. The normalized spacial score (nSPS) is 26.1. The molecule has 2 N–H and O–H groups in total. The fraction of sp³-hybridized carbons (Fsp3) is 0.571. The molecule has 2 saturated carbocycles. The van der Waals surface area contributed by atoms with Crippen LogP contribution in [0.2, 0.25) is 5.02 Å². The van der Waals surface area contributed by atoms with E-state index in [0.29, 0.717) is 30.7 Å². The Morgan fingerprint density at radius 1 is 1.26 bits per heavy atom. The third-order valence-electron chi connectivity index (χ3n) is 6.32. The van der Waals surface area contributed by atoms with E-state index in [1.54, 1.807) is 0 Å². The second kappa shape index (κ2) is 9.50. The fourth-order valence-corrected chi connectivity index (χ4v) is 6.37. The molecule has 0 saturated heterocycles. The van der Waals surface area contributed by atoms with E-state index in [-0.39, 0.29) is 29.8 Å². The molecule has 1 aromatic rings. The number of rotatable bonds is 9. The first-order valence-electron chi connectivity index (χ1n) is 10.2. The average Bonchev–Trinajstić information content (AvgIpc) is 3.26. The number of hydrogen-bond donors (Lipinski definition) is 2. The fourth-order valence-electron chi connectivity index (χ4n) is 4.92. The summed E-state index contributed by atoms with van der Waals surface area (Å²) in [6, 6.07) is 2.63. The summed E-state index contributed by atoms with van der Waals surface area (Å²) in [5, 5.41) is 8.52. The molecule has 2 aliphatic rings. The van der Waals surface area contributed by atoms with Crippen LogP contribution in [0.1, 0.15) is 44.1 Å². The molecule has 0 amide bonds. The lowest BCUT2D eigenvalue weighted by molar-refractivity contribution is -0.140. The number of benzene rings is 1. The largest absolute Gasteiger partial charge is 0.481 e. The number of alkyl halides is 3. The van der Waals surface area contributed by atoms with E-state index in [1.807, 2.05) is 12.2 Å². The van der Waals surface area contributed by atoms with Crippen molar-refractivity contribution in [3.05, 3.63) is 40.9 Å². The molecule has 10 heteroatoms. The number of nitrogens with one attached hydrogen (secondary N) is 1. The number of allylic oxidation sites excluding steroid dienone is 2. The molecule has 0 aromatic heterocycles. The average molecular weight is 480 g/mol. The summed E-state index contributed by atoms with van der Waals surface area (Å²) in [6.45, 7) is 0.0631. The van der Waals surface area contributed by atoms with Gasteiger partial charge < -0.3 is 5.11 Å². The van der Waals surface area contributed by atoms with Crippen LogP contribution in [-0.2, 0) is 21.0 Å². The second-order valence-electron chi connectivity index (χ2n) is 8.28. The summed E-state index contributed by atoms with van der Waals surface area (Å²) in [7, 11) is -4.38. The highest BCUT2D eigenvalue weighted by molar-refractivity contribution is 7.89. The lowest BCUT2D eigenvalue weighted by Crippen LogP contribution is -2.36. The summed E-state index contributed by atoms with van der Waals surface area (Å²) in [6.07, 6.45) is 3.38. The van der Waals surface area contributed by atoms with Crippen LogP contribution in [-0.4, -0.2) is 26.0 Å². The van der Waals surface area contributed by atoms with E-state index < -0.39 is 32.6 Å². The first kappa shape index (κ1) is 24.1. The molecular weight excluding hydrogens is 455 g/mol. The number of hydrogen-bond acceptors (Lipinski definition) is 3. The van der Waals surface area contributed by atoms with Gasteiger partial charge in [-0.05, 0) is 74.0 Å². The van der Waals surface area contributed by atoms with Crippen molar-refractivity contribution < 1.29 is 31.5 Å². The van der Waals surface area contributed by atoms with Gasteiger partial charge in [0.15, 0.2) is 0 Å². The minimum absolute atomic E-state index is 0.00545. The predicted molar refractivity (Wildman–Crippen MR) is 110 cm³/mol. The lowest BCUT2D eigenvalue weighted by Gasteiger charge is -2.29. The molecule has 0 spiro atoms. The number of aliphatic carboxylic acids is 1. The van der Waals surface area contributed by atoms with Gasteiger partial charge in [-0.2, -0.15) is 13.2 Å². The maximum absolute atomic E-state index is 13.3. The quantitative estimate of drug-likeness (QED) is 0.381. The topological polar surface area (TPSA) is 83.5 Å². The molecule has 172 valence electrons. The molecule has 0 radical (unpaired) electrons. The zero-order chi connectivity index (χ0) is 22.8. The molecule has 0 unspecified atom stereocenters. The molecular formula is C21H25ClF3NO4S. The van der Waals surface area contributed by atoms with Crippen molar-refractivity contribution >= 4 is 27.6 Å². The van der Waals surface area contributed by atoms with Crippen molar-refractivity contribution in [2.75, 3.05) is 6.54 Å². The number of fused-ring (bicyclic) bond motifs is 2. The zero-order valence-corrected chi connectivity index (χ0v) is 18.3. The molecule has 0 heterocycles. The van der Waals surface area contributed by atoms with Crippen LogP contribution >= 0.6 is 11.6 Å². The number of carboxylic acids is 1.